The number of amides is 1. The number of nitrogens with one attached hydrogen (secondary N) is 1. The lowest BCUT2D eigenvalue weighted by Crippen LogP contribution is -2.12. The molecule has 1 N–H and O–H groups in total. The largest absolute Gasteiger partial charge is 0.321 e. The van der Waals surface area contributed by atoms with Crippen molar-refractivity contribution in [1.82, 2.24) is 0 Å². The van der Waals surface area contributed by atoms with Crippen molar-refractivity contribution in [1.29, 1.82) is 0 Å². The lowest BCUT2D eigenvalue weighted by atomic mass is 10.2. The average molecular weight is 434 g/mol. The van der Waals surface area contributed by atoms with Crippen LogP contribution in [0.4, 0.5) is 11.4 Å². The van der Waals surface area contributed by atoms with Crippen LogP contribution in [0.1, 0.15) is 10.4 Å². The molecule has 2 aromatic carbocycles. The van der Waals surface area contributed by atoms with Crippen molar-refractivity contribution < 1.29 is 9.72 Å². The second-order valence-corrected chi connectivity index (χ2v) is 6.12. The molecule has 0 radical (unpaired) electrons. The summed E-state index contributed by atoms with van der Waals surface area (Å²) in [6, 6.07) is 8.91. The van der Waals surface area contributed by atoms with Crippen molar-refractivity contribution in [2.75, 3.05) is 5.32 Å². The van der Waals surface area contributed by atoms with Crippen LogP contribution in [0, 0.1) is 10.1 Å². The maximum absolute atomic E-state index is 12.1. The molecule has 8 heteroatoms. The van der Waals surface area contributed by atoms with E-state index in [9.17, 15) is 14.9 Å². The number of hydrogen-bond donors (Lipinski definition) is 1. The number of non-ortho nitro benzene ring substituents is 1. The maximum Gasteiger partial charge on any atom is 0.270 e. The molecule has 0 spiro atoms. The van der Waals surface area contributed by atoms with Crippen LogP contribution in [-0.4, -0.2) is 10.8 Å². The molecule has 0 bridgehead atoms. The third-order valence-electron chi connectivity index (χ3n) is 2.59. The van der Waals surface area contributed by atoms with Crippen molar-refractivity contribution >= 4 is 60.7 Å². The van der Waals surface area contributed by atoms with Gasteiger partial charge in [-0.15, -0.1) is 0 Å². The van der Waals surface area contributed by atoms with Crippen LogP contribution in [0.2, 0.25) is 5.02 Å². The number of hydrogen-bond acceptors (Lipinski definition) is 3. The predicted molar refractivity (Wildman–Crippen MR) is 87.9 cm³/mol. The van der Waals surface area contributed by atoms with Crippen LogP contribution in [0.5, 0.6) is 0 Å². The summed E-state index contributed by atoms with van der Waals surface area (Å²) in [4.78, 5) is 22.3. The molecule has 5 nitrogen and oxygen atoms in total. The van der Waals surface area contributed by atoms with Crippen LogP contribution in [0.25, 0.3) is 0 Å². The Morgan fingerprint density at radius 1 is 1.14 bits per heavy atom. The molecule has 0 aliphatic heterocycles. The lowest BCUT2D eigenvalue weighted by Gasteiger charge is -2.08. The fourth-order valence-corrected chi connectivity index (χ4v) is 2.44. The molecule has 0 aliphatic rings. The van der Waals surface area contributed by atoms with Gasteiger partial charge in [-0.25, -0.2) is 0 Å². The van der Waals surface area contributed by atoms with Gasteiger partial charge in [0, 0.05) is 26.6 Å². The minimum atomic E-state index is -0.509. The van der Waals surface area contributed by atoms with E-state index in [-0.39, 0.29) is 11.6 Å². The summed E-state index contributed by atoms with van der Waals surface area (Å²) in [6.45, 7) is 0. The molecule has 2 aromatic rings. The highest BCUT2D eigenvalue weighted by molar-refractivity contribution is 9.11. The maximum atomic E-state index is 12.1. The Morgan fingerprint density at radius 2 is 1.86 bits per heavy atom. The molecule has 0 aromatic heterocycles. The van der Waals surface area contributed by atoms with Gasteiger partial charge in [0.05, 0.1) is 15.6 Å². The molecule has 1 amide bonds. The Hall–Kier alpha value is -1.44. The van der Waals surface area contributed by atoms with E-state index in [1.807, 2.05) is 0 Å². The van der Waals surface area contributed by atoms with Crippen molar-refractivity contribution in [2.24, 2.45) is 0 Å². The zero-order valence-electron chi connectivity index (χ0n) is 10.3. The summed E-state index contributed by atoms with van der Waals surface area (Å²) in [5, 5.41) is 13.7. The fourth-order valence-electron chi connectivity index (χ4n) is 1.55. The van der Waals surface area contributed by atoms with Gasteiger partial charge >= 0.3 is 0 Å². The molecule has 2 rings (SSSR count). The summed E-state index contributed by atoms with van der Waals surface area (Å²) >= 11 is 12.4. The Balaban J connectivity index is 2.23. The highest BCUT2D eigenvalue weighted by Gasteiger charge is 2.13. The third kappa shape index (κ3) is 3.81. The highest BCUT2D eigenvalue weighted by atomic mass is 79.9. The zero-order chi connectivity index (χ0) is 15.6. The number of nitro groups is 1. The minimum absolute atomic E-state index is 0.0634. The first-order valence-electron chi connectivity index (χ1n) is 5.59. The molecule has 0 saturated carbocycles. The molecule has 21 heavy (non-hydrogen) atoms. The van der Waals surface area contributed by atoms with Gasteiger partial charge in [-0.3, -0.25) is 14.9 Å². The van der Waals surface area contributed by atoms with Crippen molar-refractivity contribution in [3.63, 3.8) is 0 Å². The number of carbonyl (C=O) groups is 1. The molecule has 0 heterocycles. The van der Waals surface area contributed by atoms with E-state index in [2.05, 4.69) is 37.2 Å². The predicted octanol–water partition coefficient (Wildman–Crippen LogP) is 5.03. The molecule has 0 aliphatic carbocycles. The van der Waals surface area contributed by atoms with Crippen LogP contribution >= 0.6 is 43.5 Å². The number of nitro benzene ring substituents is 1. The highest BCUT2D eigenvalue weighted by Crippen LogP contribution is 2.28. The number of carbonyl (C=O) groups excluding carboxylic acids is 1. The Kier molecular flexibility index (Phi) is 4.97. The summed E-state index contributed by atoms with van der Waals surface area (Å²) in [5.74, 6) is -0.362. The molecule has 0 saturated heterocycles. The molecular weight excluding hydrogens is 427 g/mol. The van der Waals surface area contributed by atoms with E-state index in [1.54, 1.807) is 12.1 Å². The number of rotatable bonds is 3. The number of anilines is 1. The molecule has 0 atom stereocenters. The first kappa shape index (κ1) is 15.9. The zero-order valence-corrected chi connectivity index (χ0v) is 14.2. The minimum Gasteiger partial charge on any atom is -0.321 e. The van der Waals surface area contributed by atoms with E-state index in [0.29, 0.717) is 25.2 Å². The van der Waals surface area contributed by atoms with Crippen molar-refractivity contribution in [3.8, 4) is 0 Å². The topological polar surface area (TPSA) is 72.2 Å². The number of benzene rings is 2. The number of nitrogens with zero attached hydrogens (tertiary/aromatic N) is 1. The molecule has 108 valence electrons. The van der Waals surface area contributed by atoms with E-state index in [4.69, 9.17) is 11.6 Å². The second kappa shape index (κ2) is 6.55. The average Bonchev–Trinajstić information content (AvgIpc) is 2.43. The van der Waals surface area contributed by atoms with Crippen LogP contribution in [0.3, 0.4) is 0 Å². The first-order valence-corrected chi connectivity index (χ1v) is 7.55. The van der Waals surface area contributed by atoms with E-state index in [0.717, 1.165) is 0 Å². The van der Waals surface area contributed by atoms with Gasteiger partial charge in [-0.2, -0.15) is 0 Å². The van der Waals surface area contributed by atoms with Gasteiger partial charge in [0.1, 0.15) is 0 Å². The van der Waals surface area contributed by atoms with Crippen molar-refractivity contribution in [3.05, 3.63) is 66.0 Å². The molecule has 0 fully saturated rings. The third-order valence-corrected chi connectivity index (χ3v) is 4.48. The SMILES string of the molecule is O=C(Nc1ccc([N+](=O)[O-])cc1Br)c1ccc(Br)c(Cl)c1. The first-order chi connectivity index (χ1) is 9.88. The monoisotopic (exact) mass is 432 g/mol. The Morgan fingerprint density at radius 3 is 2.43 bits per heavy atom. The summed E-state index contributed by atoms with van der Waals surface area (Å²) in [5.41, 5.74) is 0.754. The van der Waals surface area contributed by atoms with E-state index in [1.165, 1.54) is 24.3 Å². The van der Waals surface area contributed by atoms with Crippen LogP contribution < -0.4 is 5.32 Å². The van der Waals surface area contributed by atoms with E-state index >= 15 is 0 Å². The van der Waals surface area contributed by atoms with Crippen LogP contribution in [0.15, 0.2) is 45.3 Å². The van der Waals surface area contributed by atoms with Gasteiger partial charge in [0.2, 0.25) is 0 Å². The van der Waals surface area contributed by atoms with Crippen molar-refractivity contribution in [2.45, 2.75) is 0 Å². The Labute approximate surface area is 141 Å². The van der Waals surface area contributed by atoms with Gasteiger partial charge in [-0.05, 0) is 56.1 Å². The van der Waals surface area contributed by atoms with Crippen LogP contribution in [-0.2, 0) is 0 Å². The quantitative estimate of drug-likeness (QED) is 0.544. The molecular formula is C13H7Br2ClN2O3. The normalized spacial score (nSPS) is 10.2. The van der Waals surface area contributed by atoms with E-state index < -0.39 is 4.92 Å². The second-order valence-electron chi connectivity index (χ2n) is 4.00. The standard InChI is InChI=1S/C13H7Br2ClN2O3/c14-9-3-1-7(5-11(9)16)13(19)17-12-4-2-8(18(20)21)6-10(12)15/h1-6H,(H,17,19). The fraction of sp³-hybridized carbons (Fsp3) is 0. The summed E-state index contributed by atoms with van der Waals surface area (Å²) in [6.07, 6.45) is 0. The molecule has 0 unspecified atom stereocenters. The van der Waals surface area contributed by atoms with Gasteiger partial charge in [0.15, 0.2) is 0 Å². The summed E-state index contributed by atoms with van der Waals surface area (Å²) < 4.78 is 1.12. The lowest BCUT2D eigenvalue weighted by molar-refractivity contribution is -0.384. The van der Waals surface area contributed by atoms with Gasteiger partial charge < -0.3 is 5.32 Å². The van der Waals surface area contributed by atoms with Gasteiger partial charge in [0.25, 0.3) is 11.6 Å². The smallest absolute Gasteiger partial charge is 0.270 e. The van der Waals surface area contributed by atoms with Gasteiger partial charge in [-0.1, -0.05) is 11.6 Å². The summed E-state index contributed by atoms with van der Waals surface area (Å²) in [7, 11) is 0. The Bertz CT molecular complexity index is 737. The number of halogens is 3.